The molecule has 4 fully saturated rings. The Kier molecular flexibility index (Phi) is 3.46. The Balaban J connectivity index is 1.36. The lowest BCUT2D eigenvalue weighted by Gasteiger charge is -2.55. The highest BCUT2D eigenvalue weighted by Crippen LogP contribution is 2.61. The summed E-state index contributed by atoms with van der Waals surface area (Å²) in [6.07, 6.45) is 13.4. The van der Waals surface area contributed by atoms with Crippen LogP contribution in [0.3, 0.4) is 0 Å². The number of rotatable bonds is 2. The second-order valence-corrected chi connectivity index (χ2v) is 9.35. The standard InChI is InChI=1S/C18H26N4S/c1-2-4-15(19-5-3-1)20-17-22-21-16(23-17)18-9-12-6-13(10-18)8-14(7-12)11-18/h12-14H,1-11H2,(H,19,20,22). The quantitative estimate of drug-likeness (QED) is 0.875. The number of nitrogens with one attached hydrogen (secondary N) is 1. The fraction of sp³-hybridized carbons (Fsp3) is 0.833. The van der Waals surface area contributed by atoms with Crippen molar-refractivity contribution in [1.29, 1.82) is 0 Å². The number of hydrogen-bond acceptors (Lipinski definition) is 5. The van der Waals surface area contributed by atoms with Crippen molar-refractivity contribution in [2.24, 2.45) is 22.7 Å². The molecule has 4 bridgehead atoms. The minimum absolute atomic E-state index is 0.373. The van der Waals surface area contributed by atoms with Crippen molar-refractivity contribution < 1.29 is 0 Å². The van der Waals surface area contributed by atoms with Crippen molar-refractivity contribution in [1.82, 2.24) is 10.2 Å². The summed E-state index contributed by atoms with van der Waals surface area (Å²) in [5.41, 5.74) is 0.373. The van der Waals surface area contributed by atoms with E-state index in [1.54, 1.807) is 0 Å². The summed E-state index contributed by atoms with van der Waals surface area (Å²) in [6, 6.07) is 0. The molecule has 0 spiro atoms. The summed E-state index contributed by atoms with van der Waals surface area (Å²) in [7, 11) is 0. The van der Waals surface area contributed by atoms with Crippen LogP contribution in [0.5, 0.6) is 0 Å². The molecule has 23 heavy (non-hydrogen) atoms. The molecule has 0 radical (unpaired) electrons. The third kappa shape index (κ3) is 2.61. The molecule has 1 aliphatic heterocycles. The minimum atomic E-state index is 0.373. The van der Waals surface area contributed by atoms with Crippen LogP contribution in [0.15, 0.2) is 4.99 Å². The predicted molar refractivity (Wildman–Crippen MR) is 94.2 cm³/mol. The van der Waals surface area contributed by atoms with Gasteiger partial charge in [-0.3, -0.25) is 4.99 Å². The SMILES string of the molecule is C1CCN=C(Nc2nnc(C34CC5CC(CC(C5)C3)C4)s2)CC1. The lowest BCUT2D eigenvalue weighted by Crippen LogP contribution is -2.48. The average molecular weight is 331 g/mol. The van der Waals surface area contributed by atoms with Gasteiger partial charge in [0.2, 0.25) is 5.13 Å². The Morgan fingerprint density at radius 1 is 0.913 bits per heavy atom. The van der Waals surface area contributed by atoms with Gasteiger partial charge < -0.3 is 5.32 Å². The molecular formula is C18H26N4S. The third-order valence-electron chi connectivity index (χ3n) is 6.54. The van der Waals surface area contributed by atoms with Gasteiger partial charge >= 0.3 is 0 Å². The molecule has 5 heteroatoms. The van der Waals surface area contributed by atoms with Gasteiger partial charge in [-0.15, -0.1) is 10.2 Å². The molecule has 2 heterocycles. The first-order valence-electron chi connectivity index (χ1n) is 9.43. The lowest BCUT2D eigenvalue weighted by molar-refractivity contribution is -0.00555. The molecule has 4 saturated carbocycles. The van der Waals surface area contributed by atoms with Crippen LogP contribution < -0.4 is 5.32 Å². The van der Waals surface area contributed by atoms with Gasteiger partial charge in [-0.2, -0.15) is 0 Å². The number of nitrogens with zero attached hydrogens (tertiary/aromatic N) is 3. The van der Waals surface area contributed by atoms with E-state index in [1.807, 2.05) is 11.3 Å². The maximum Gasteiger partial charge on any atom is 0.211 e. The summed E-state index contributed by atoms with van der Waals surface area (Å²) in [4.78, 5) is 4.66. The zero-order valence-corrected chi connectivity index (χ0v) is 14.6. The highest BCUT2D eigenvalue weighted by Gasteiger charge is 2.53. The molecular weight excluding hydrogens is 304 g/mol. The maximum atomic E-state index is 4.66. The molecule has 0 saturated heterocycles. The van der Waals surface area contributed by atoms with Crippen molar-refractivity contribution in [2.45, 2.75) is 69.6 Å². The number of hydrogen-bond donors (Lipinski definition) is 1. The summed E-state index contributed by atoms with van der Waals surface area (Å²) >= 11 is 1.81. The van der Waals surface area contributed by atoms with Crippen LogP contribution >= 0.6 is 11.3 Å². The third-order valence-corrected chi connectivity index (χ3v) is 7.63. The van der Waals surface area contributed by atoms with Gasteiger partial charge in [-0.05, 0) is 69.1 Å². The van der Waals surface area contributed by atoms with E-state index < -0.39 is 0 Å². The summed E-state index contributed by atoms with van der Waals surface area (Å²) < 4.78 is 0. The second-order valence-electron chi connectivity index (χ2n) is 8.37. The topological polar surface area (TPSA) is 50.2 Å². The first-order chi connectivity index (χ1) is 11.3. The van der Waals surface area contributed by atoms with Crippen molar-refractivity contribution in [3.8, 4) is 0 Å². The molecule has 1 aromatic rings. The molecule has 1 N–H and O–H groups in total. The van der Waals surface area contributed by atoms with E-state index in [-0.39, 0.29) is 0 Å². The summed E-state index contributed by atoms with van der Waals surface area (Å²) in [5.74, 6) is 4.02. The molecule has 0 aromatic carbocycles. The van der Waals surface area contributed by atoms with Crippen LogP contribution in [0.25, 0.3) is 0 Å². The average Bonchev–Trinajstić information content (AvgIpc) is 2.84. The number of amidine groups is 1. The molecule has 124 valence electrons. The van der Waals surface area contributed by atoms with E-state index in [1.165, 1.54) is 62.8 Å². The molecule has 4 nitrogen and oxygen atoms in total. The van der Waals surface area contributed by atoms with Crippen molar-refractivity contribution >= 4 is 22.3 Å². The zero-order chi connectivity index (χ0) is 15.3. The second kappa shape index (κ2) is 5.54. The smallest absolute Gasteiger partial charge is 0.211 e. The van der Waals surface area contributed by atoms with Crippen LogP contribution in [0.2, 0.25) is 0 Å². The van der Waals surface area contributed by atoms with Gasteiger partial charge in [0.25, 0.3) is 0 Å². The Hall–Kier alpha value is -0.970. The van der Waals surface area contributed by atoms with E-state index in [4.69, 9.17) is 0 Å². The van der Waals surface area contributed by atoms with E-state index >= 15 is 0 Å². The van der Waals surface area contributed by atoms with Crippen molar-refractivity contribution in [3.63, 3.8) is 0 Å². The highest BCUT2D eigenvalue weighted by molar-refractivity contribution is 7.15. The zero-order valence-electron chi connectivity index (χ0n) is 13.8. The van der Waals surface area contributed by atoms with Gasteiger partial charge in [-0.25, -0.2) is 0 Å². The van der Waals surface area contributed by atoms with Crippen LogP contribution in [0.4, 0.5) is 5.13 Å². The first kappa shape index (κ1) is 14.4. The molecule has 6 rings (SSSR count). The highest BCUT2D eigenvalue weighted by atomic mass is 32.1. The lowest BCUT2D eigenvalue weighted by atomic mass is 9.50. The van der Waals surface area contributed by atoms with Crippen molar-refractivity contribution in [2.75, 3.05) is 11.9 Å². The molecule has 0 unspecified atom stereocenters. The van der Waals surface area contributed by atoms with E-state index in [9.17, 15) is 0 Å². The number of anilines is 1. The normalized spacial score (nSPS) is 39.1. The van der Waals surface area contributed by atoms with Crippen LogP contribution in [-0.4, -0.2) is 22.6 Å². The fourth-order valence-electron chi connectivity index (χ4n) is 5.96. The van der Waals surface area contributed by atoms with E-state index in [0.717, 1.165) is 41.7 Å². The Morgan fingerprint density at radius 2 is 1.65 bits per heavy atom. The molecule has 0 atom stereocenters. The molecule has 5 aliphatic rings. The van der Waals surface area contributed by atoms with Crippen LogP contribution in [0.1, 0.15) is 69.2 Å². The fourth-order valence-corrected chi connectivity index (χ4v) is 6.94. The Labute approximate surface area is 142 Å². The van der Waals surface area contributed by atoms with E-state index in [0.29, 0.717) is 5.41 Å². The van der Waals surface area contributed by atoms with Gasteiger partial charge in [0.15, 0.2) is 0 Å². The maximum absolute atomic E-state index is 4.66. The van der Waals surface area contributed by atoms with E-state index in [2.05, 4.69) is 20.5 Å². The van der Waals surface area contributed by atoms with Crippen LogP contribution in [0, 0.1) is 17.8 Å². The molecule has 1 aromatic heterocycles. The van der Waals surface area contributed by atoms with Gasteiger partial charge in [0, 0.05) is 18.4 Å². The van der Waals surface area contributed by atoms with Crippen LogP contribution in [-0.2, 0) is 5.41 Å². The monoisotopic (exact) mass is 330 g/mol. The molecule has 4 aliphatic carbocycles. The number of aromatic nitrogens is 2. The number of aliphatic imine (C=N–C) groups is 1. The Bertz CT molecular complexity index is 585. The summed E-state index contributed by atoms with van der Waals surface area (Å²) in [6.45, 7) is 0.961. The minimum Gasteiger partial charge on any atom is -0.319 e. The predicted octanol–water partition coefficient (Wildman–Crippen LogP) is 4.39. The van der Waals surface area contributed by atoms with Gasteiger partial charge in [-0.1, -0.05) is 17.8 Å². The molecule has 0 amide bonds. The first-order valence-corrected chi connectivity index (χ1v) is 10.3. The Morgan fingerprint density at radius 3 is 2.39 bits per heavy atom. The van der Waals surface area contributed by atoms with Gasteiger partial charge in [0.05, 0.1) is 0 Å². The summed E-state index contributed by atoms with van der Waals surface area (Å²) in [5, 5.41) is 14.9. The van der Waals surface area contributed by atoms with Crippen molar-refractivity contribution in [3.05, 3.63) is 5.01 Å². The van der Waals surface area contributed by atoms with Gasteiger partial charge in [0.1, 0.15) is 10.8 Å². The largest absolute Gasteiger partial charge is 0.319 e.